The van der Waals surface area contributed by atoms with Crippen molar-refractivity contribution in [3.05, 3.63) is 0 Å². The summed E-state index contributed by atoms with van der Waals surface area (Å²) in [5.41, 5.74) is 5.25. The van der Waals surface area contributed by atoms with Crippen LogP contribution in [0.3, 0.4) is 0 Å². The van der Waals surface area contributed by atoms with E-state index in [2.05, 4.69) is 5.32 Å². The minimum atomic E-state index is -0.103. The lowest BCUT2D eigenvalue weighted by Crippen LogP contribution is -2.45. The van der Waals surface area contributed by atoms with E-state index in [9.17, 15) is 0 Å². The molecular formula is C9H19N5. The van der Waals surface area contributed by atoms with E-state index in [1.807, 2.05) is 0 Å². The Hall–Kier alpha value is -1.26. The molecule has 0 saturated heterocycles. The highest BCUT2D eigenvalue weighted by molar-refractivity contribution is 5.94. The number of hydrogen-bond acceptors (Lipinski definition) is 2. The molecule has 1 saturated carbocycles. The van der Waals surface area contributed by atoms with Crippen molar-refractivity contribution in [2.75, 3.05) is 13.6 Å². The van der Waals surface area contributed by atoms with Crippen LogP contribution in [0, 0.1) is 16.7 Å². The molecule has 0 aliphatic heterocycles. The van der Waals surface area contributed by atoms with E-state index >= 15 is 0 Å². The third kappa shape index (κ3) is 2.90. The Morgan fingerprint density at radius 2 is 2.00 bits per heavy atom. The van der Waals surface area contributed by atoms with Crippen LogP contribution in [-0.2, 0) is 0 Å². The summed E-state index contributed by atoms with van der Waals surface area (Å²) >= 11 is 0. The Balaban J connectivity index is 2.23. The molecule has 0 aromatic rings. The largest absolute Gasteiger partial charge is 0.370 e. The summed E-state index contributed by atoms with van der Waals surface area (Å²) in [6.07, 6.45) is 5.12. The van der Waals surface area contributed by atoms with Crippen molar-refractivity contribution in [1.29, 1.82) is 10.8 Å². The summed E-state index contributed by atoms with van der Waals surface area (Å²) in [4.78, 5) is 1.33. The average molecular weight is 197 g/mol. The van der Waals surface area contributed by atoms with Crippen molar-refractivity contribution in [2.45, 2.75) is 25.7 Å². The average Bonchev–Trinajstić information content (AvgIpc) is 2.65. The van der Waals surface area contributed by atoms with Crippen LogP contribution in [0.15, 0.2) is 0 Å². The van der Waals surface area contributed by atoms with Crippen molar-refractivity contribution in [2.24, 2.45) is 11.7 Å². The topological polar surface area (TPSA) is 89.0 Å². The highest BCUT2D eigenvalue weighted by Crippen LogP contribution is 2.23. The third-order valence-electron chi connectivity index (χ3n) is 2.73. The van der Waals surface area contributed by atoms with E-state index < -0.39 is 0 Å². The first kappa shape index (κ1) is 10.8. The summed E-state index contributed by atoms with van der Waals surface area (Å²) in [7, 11) is 1.62. The Kier molecular flexibility index (Phi) is 3.73. The van der Waals surface area contributed by atoms with Gasteiger partial charge in [0.15, 0.2) is 11.9 Å². The van der Waals surface area contributed by atoms with Gasteiger partial charge in [-0.05, 0) is 18.8 Å². The van der Waals surface area contributed by atoms with Gasteiger partial charge in [0.2, 0.25) is 0 Å². The molecule has 5 nitrogen and oxygen atoms in total. The lowest BCUT2D eigenvalue weighted by Gasteiger charge is -2.20. The summed E-state index contributed by atoms with van der Waals surface area (Å²) in [5.74, 6) is 0.800. The smallest absolute Gasteiger partial charge is 0.197 e. The second-order valence-electron chi connectivity index (χ2n) is 3.82. The quantitative estimate of drug-likeness (QED) is 0.384. The molecule has 5 heteroatoms. The molecule has 0 unspecified atom stereocenters. The number of nitrogens with zero attached hydrogens (tertiary/aromatic N) is 1. The second-order valence-corrected chi connectivity index (χ2v) is 3.82. The molecule has 0 radical (unpaired) electrons. The maximum absolute atomic E-state index is 7.58. The molecule has 5 N–H and O–H groups in total. The molecule has 0 atom stereocenters. The van der Waals surface area contributed by atoms with Gasteiger partial charge < -0.3 is 11.1 Å². The van der Waals surface area contributed by atoms with Gasteiger partial charge in [0, 0.05) is 13.6 Å². The number of nitrogens with one attached hydrogen (secondary N) is 3. The fourth-order valence-corrected chi connectivity index (χ4v) is 1.69. The van der Waals surface area contributed by atoms with E-state index in [-0.39, 0.29) is 11.9 Å². The molecule has 0 aromatic heterocycles. The van der Waals surface area contributed by atoms with Gasteiger partial charge in [-0.2, -0.15) is 0 Å². The first-order chi connectivity index (χ1) is 6.61. The van der Waals surface area contributed by atoms with Gasteiger partial charge >= 0.3 is 0 Å². The molecule has 1 aliphatic carbocycles. The number of rotatable bonds is 2. The van der Waals surface area contributed by atoms with Gasteiger partial charge in [-0.1, -0.05) is 12.8 Å². The second kappa shape index (κ2) is 4.83. The van der Waals surface area contributed by atoms with Crippen molar-refractivity contribution in [1.82, 2.24) is 10.2 Å². The molecule has 80 valence electrons. The van der Waals surface area contributed by atoms with Crippen molar-refractivity contribution in [3.63, 3.8) is 0 Å². The molecule has 0 spiro atoms. The van der Waals surface area contributed by atoms with Gasteiger partial charge in [-0.25, -0.2) is 0 Å². The summed E-state index contributed by atoms with van der Waals surface area (Å²) in [5, 5.41) is 17.7. The van der Waals surface area contributed by atoms with Crippen molar-refractivity contribution in [3.8, 4) is 0 Å². The van der Waals surface area contributed by atoms with Gasteiger partial charge in [0.05, 0.1) is 0 Å². The van der Waals surface area contributed by atoms with Crippen LogP contribution in [0.4, 0.5) is 0 Å². The minimum absolute atomic E-state index is 0.103. The third-order valence-corrected chi connectivity index (χ3v) is 2.73. The van der Waals surface area contributed by atoms with E-state index in [4.69, 9.17) is 16.6 Å². The number of guanidine groups is 2. The van der Waals surface area contributed by atoms with E-state index in [0.717, 1.165) is 6.54 Å². The van der Waals surface area contributed by atoms with Gasteiger partial charge in [-0.15, -0.1) is 0 Å². The summed E-state index contributed by atoms with van der Waals surface area (Å²) in [6, 6.07) is 0. The summed E-state index contributed by atoms with van der Waals surface area (Å²) in [6.45, 7) is 0.830. The maximum atomic E-state index is 7.58. The monoisotopic (exact) mass is 197 g/mol. The Morgan fingerprint density at radius 1 is 1.43 bits per heavy atom. The van der Waals surface area contributed by atoms with E-state index in [0.29, 0.717) is 5.92 Å². The zero-order chi connectivity index (χ0) is 10.6. The molecule has 0 bridgehead atoms. The normalized spacial score (nSPS) is 16.6. The Bertz CT molecular complexity index is 219. The number of hydrogen-bond donors (Lipinski definition) is 4. The highest BCUT2D eigenvalue weighted by Gasteiger charge is 2.15. The van der Waals surface area contributed by atoms with Crippen molar-refractivity contribution < 1.29 is 0 Å². The molecule has 0 heterocycles. The molecule has 14 heavy (non-hydrogen) atoms. The van der Waals surface area contributed by atoms with Crippen LogP contribution in [0.5, 0.6) is 0 Å². The van der Waals surface area contributed by atoms with Gasteiger partial charge in [0.25, 0.3) is 0 Å². The SMILES string of the molecule is CN(C(=N)N)C(=N)NCC1CCCC1. The van der Waals surface area contributed by atoms with Crippen LogP contribution < -0.4 is 11.1 Å². The fourth-order valence-electron chi connectivity index (χ4n) is 1.69. The molecule has 1 rings (SSSR count). The molecule has 0 aromatic carbocycles. The Morgan fingerprint density at radius 3 is 2.50 bits per heavy atom. The molecular weight excluding hydrogens is 178 g/mol. The minimum Gasteiger partial charge on any atom is -0.370 e. The number of nitrogens with two attached hydrogens (primary N) is 1. The first-order valence-corrected chi connectivity index (χ1v) is 5.01. The molecule has 1 aliphatic rings. The standard InChI is InChI=1S/C9H19N5/c1-14(8(10)11)9(12)13-6-7-4-2-3-5-7/h7H,2-6H2,1H3,(H3,10,11)(H2,12,13). The lowest BCUT2D eigenvalue weighted by atomic mass is 10.1. The predicted molar refractivity (Wildman–Crippen MR) is 57.4 cm³/mol. The highest BCUT2D eigenvalue weighted by atomic mass is 15.3. The predicted octanol–water partition coefficient (Wildman–Crippen LogP) is 0.526. The van der Waals surface area contributed by atoms with Crippen LogP contribution in [0.2, 0.25) is 0 Å². The molecule has 1 fully saturated rings. The van der Waals surface area contributed by atoms with Gasteiger partial charge in [0.1, 0.15) is 0 Å². The first-order valence-electron chi connectivity index (χ1n) is 5.01. The fraction of sp³-hybridized carbons (Fsp3) is 0.778. The van der Waals surface area contributed by atoms with Crippen LogP contribution in [0.1, 0.15) is 25.7 Å². The van der Waals surface area contributed by atoms with Crippen LogP contribution >= 0.6 is 0 Å². The lowest BCUT2D eigenvalue weighted by molar-refractivity contribution is 0.520. The zero-order valence-electron chi connectivity index (χ0n) is 8.64. The van der Waals surface area contributed by atoms with Crippen molar-refractivity contribution >= 4 is 11.9 Å². The van der Waals surface area contributed by atoms with Crippen LogP contribution in [-0.4, -0.2) is 30.4 Å². The van der Waals surface area contributed by atoms with E-state index in [1.54, 1.807) is 7.05 Å². The summed E-state index contributed by atoms with van der Waals surface area (Å²) < 4.78 is 0. The maximum Gasteiger partial charge on any atom is 0.197 e. The zero-order valence-corrected chi connectivity index (χ0v) is 8.64. The van der Waals surface area contributed by atoms with Crippen LogP contribution in [0.25, 0.3) is 0 Å². The molecule has 0 amide bonds. The van der Waals surface area contributed by atoms with Gasteiger partial charge in [-0.3, -0.25) is 15.7 Å². The van der Waals surface area contributed by atoms with E-state index in [1.165, 1.54) is 30.6 Å². The Labute approximate surface area is 84.7 Å².